The Morgan fingerprint density at radius 3 is 3.04 bits per heavy atom. The summed E-state index contributed by atoms with van der Waals surface area (Å²) in [6.45, 7) is 6.31. The molecular formula is C18H22N2O3S. The molecule has 0 aliphatic heterocycles. The Morgan fingerprint density at radius 2 is 2.29 bits per heavy atom. The predicted octanol–water partition coefficient (Wildman–Crippen LogP) is 3.14. The van der Waals surface area contributed by atoms with Gasteiger partial charge in [-0.05, 0) is 42.7 Å². The number of aromatic nitrogens is 1. The van der Waals surface area contributed by atoms with E-state index in [-0.39, 0.29) is 23.1 Å². The molecule has 0 radical (unpaired) electrons. The molecule has 1 aliphatic rings. The minimum Gasteiger partial charge on any atom is -0.618 e. The topological polar surface area (TPSA) is 69.2 Å². The summed E-state index contributed by atoms with van der Waals surface area (Å²) in [5.41, 5.74) is 1.17. The second kappa shape index (κ2) is 6.51. The summed E-state index contributed by atoms with van der Waals surface area (Å²) in [5, 5.41) is 15.3. The van der Waals surface area contributed by atoms with Crippen molar-refractivity contribution in [2.75, 3.05) is 5.75 Å². The van der Waals surface area contributed by atoms with E-state index in [0.29, 0.717) is 5.03 Å². The molecule has 3 rings (SSSR count). The highest BCUT2D eigenvalue weighted by Gasteiger charge is 2.35. The highest BCUT2D eigenvalue weighted by atomic mass is 32.2. The zero-order valence-corrected chi connectivity index (χ0v) is 15.0. The zero-order chi connectivity index (χ0) is 17.3. The second-order valence-corrected chi connectivity index (χ2v) is 8.05. The van der Waals surface area contributed by atoms with E-state index < -0.39 is 0 Å². The van der Waals surface area contributed by atoms with E-state index in [1.807, 2.05) is 13.0 Å². The number of pyridine rings is 1. The Morgan fingerprint density at radius 1 is 1.50 bits per heavy atom. The van der Waals surface area contributed by atoms with E-state index in [9.17, 15) is 10.0 Å². The van der Waals surface area contributed by atoms with Gasteiger partial charge in [-0.1, -0.05) is 13.8 Å². The van der Waals surface area contributed by atoms with Gasteiger partial charge < -0.3 is 14.9 Å². The number of rotatable bonds is 4. The fourth-order valence-electron chi connectivity index (χ4n) is 3.21. The van der Waals surface area contributed by atoms with Crippen LogP contribution in [0.4, 0.5) is 0 Å². The molecule has 6 heteroatoms. The number of furan rings is 1. The molecule has 1 atom stereocenters. The molecule has 5 nitrogen and oxygen atoms in total. The van der Waals surface area contributed by atoms with Crippen molar-refractivity contribution in [3.8, 4) is 0 Å². The van der Waals surface area contributed by atoms with Gasteiger partial charge in [0.1, 0.15) is 11.5 Å². The largest absolute Gasteiger partial charge is 0.618 e. The third-order valence-corrected chi connectivity index (χ3v) is 5.23. The van der Waals surface area contributed by atoms with Crippen LogP contribution in [0.25, 0.3) is 0 Å². The maximum Gasteiger partial charge on any atom is 0.251 e. The summed E-state index contributed by atoms with van der Waals surface area (Å²) in [4.78, 5) is 12.3. The van der Waals surface area contributed by atoms with Crippen LogP contribution in [-0.4, -0.2) is 11.7 Å². The summed E-state index contributed by atoms with van der Waals surface area (Å²) < 4.78 is 6.57. The molecule has 0 saturated heterocycles. The Kier molecular flexibility index (Phi) is 4.58. The first-order chi connectivity index (χ1) is 11.3. The molecule has 1 aliphatic carbocycles. The maximum atomic E-state index is 12.3. The van der Waals surface area contributed by atoms with Gasteiger partial charge in [0.25, 0.3) is 5.03 Å². The van der Waals surface area contributed by atoms with Gasteiger partial charge in [-0.15, -0.1) is 0 Å². The third kappa shape index (κ3) is 3.75. The van der Waals surface area contributed by atoms with Gasteiger partial charge in [0.2, 0.25) is 5.91 Å². The lowest BCUT2D eigenvalue weighted by molar-refractivity contribution is -0.645. The first-order valence-electron chi connectivity index (χ1n) is 8.04. The van der Waals surface area contributed by atoms with Gasteiger partial charge in [-0.3, -0.25) is 4.79 Å². The number of aryl methyl sites for hydroxylation is 1. The minimum absolute atomic E-state index is 0.0375. The lowest BCUT2D eigenvalue weighted by atomic mass is 9.75. The number of nitrogens with one attached hydrogen (secondary N) is 1. The van der Waals surface area contributed by atoms with Crippen LogP contribution >= 0.6 is 11.8 Å². The molecule has 24 heavy (non-hydrogen) atoms. The fourth-order valence-corrected chi connectivity index (χ4v) is 3.94. The smallest absolute Gasteiger partial charge is 0.251 e. The Bertz CT molecular complexity index is 754. The van der Waals surface area contributed by atoms with Crippen molar-refractivity contribution in [3.05, 3.63) is 52.8 Å². The molecule has 0 bridgehead atoms. The van der Waals surface area contributed by atoms with E-state index in [2.05, 4.69) is 19.2 Å². The number of thioether (sulfide) groups is 1. The van der Waals surface area contributed by atoms with Gasteiger partial charge in [-0.25, -0.2) is 0 Å². The quantitative estimate of drug-likeness (QED) is 0.524. The summed E-state index contributed by atoms with van der Waals surface area (Å²) in [6.07, 6.45) is 3.20. The van der Waals surface area contributed by atoms with Crippen LogP contribution in [0.3, 0.4) is 0 Å². The molecule has 0 aromatic carbocycles. The first kappa shape index (κ1) is 16.9. The number of hydrogen-bond acceptors (Lipinski definition) is 4. The number of hydrogen-bond donors (Lipinski definition) is 1. The highest BCUT2D eigenvalue weighted by Crippen LogP contribution is 2.42. The van der Waals surface area contributed by atoms with Crippen molar-refractivity contribution < 1.29 is 13.9 Å². The van der Waals surface area contributed by atoms with Crippen molar-refractivity contribution >= 4 is 17.7 Å². The van der Waals surface area contributed by atoms with E-state index >= 15 is 0 Å². The lowest BCUT2D eigenvalue weighted by Crippen LogP contribution is -2.37. The SMILES string of the molecule is Cc1cc2c(o1)CC(C)(C)CC2NC(=O)CSc1cccc[n+]1[O-]. The summed E-state index contributed by atoms with van der Waals surface area (Å²) in [7, 11) is 0. The van der Waals surface area contributed by atoms with Crippen LogP contribution in [0.5, 0.6) is 0 Å². The van der Waals surface area contributed by atoms with Gasteiger partial charge in [-0.2, -0.15) is 4.73 Å². The van der Waals surface area contributed by atoms with Crippen molar-refractivity contribution in [3.63, 3.8) is 0 Å². The van der Waals surface area contributed by atoms with Crippen molar-refractivity contribution in [1.82, 2.24) is 5.32 Å². The van der Waals surface area contributed by atoms with Crippen molar-refractivity contribution in [1.29, 1.82) is 0 Å². The summed E-state index contributed by atoms with van der Waals surface area (Å²) in [6, 6.07) is 7.16. The van der Waals surface area contributed by atoms with Crippen LogP contribution < -0.4 is 10.0 Å². The van der Waals surface area contributed by atoms with Crippen molar-refractivity contribution in [2.45, 2.75) is 44.7 Å². The molecule has 1 amide bonds. The van der Waals surface area contributed by atoms with Crippen LogP contribution in [-0.2, 0) is 11.2 Å². The Hall–Kier alpha value is -1.95. The molecule has 1 unspecified atom stereocenters. The predicted molar refractivity (Wildman–Crippen MR) is 92.6 cm³/mol. The normalized spacial score (nSPS) is 18.9. The molecule has 0 saturated carbocycles. The van der Waals surface area contributed by atoms with Gasteiger partial charge in [0.15, 0.2) is 6.20 Å². The standard InChI is InChI=1S/C18H22N2O3S/c1-12-8-13-14(9-18(2,3)10-15(13)23-12)19-16(21)11-24-17-6-4-5-7-20(17)22/h4-8,14H,9-11H2,1-3H3,(H,19,21). The average molecular weight is 346 g/mol. The van der Waals surface area contributed by atoms with Crippen LogP contribution in [0, 0.1) is 17.5 Å². The monoisotopic (exact) mass is 346 g/mol. The molecule has 128 valence electrons. The third-order valence-electron chi connectivity index (χ3n) is 4.21. The molecule has 1 N–H and O–H groups in total. The summed E-state index contributed by atoms with van der Waals surface area (Å²) >= 11 is 1.25. The average Bonchev–Trinajstić information content (AvgIpc) is 2.85. The minimum atomic E-state index is -0.0728. The van der Waals surface area contributed by atoms with Crippen LogP contribution in [0.1, 0.15) is 43.4 Å². The number of fused-ring (bicyclic) bond motifs is 1. The molecular weight excluding hydrogens is 324 g/mol. The van der Waals surface area contributed by atoms with E-state index in [1.165, 1.54) is 18.0 Å². The molecule has 0 fully saturated rings. The van der Waals surface area contributed by atoms with Crippen LogP contribution in [0.15, 0.2) is 39.9 Å². The Balaban J connectivity index is 1.67. The van der Waals surface area contributed by atoms with E-state index in [4.69, 9.17) is 4.42 Å². The van der Waals surface area contributed by atoms with Crippen molar-refractivity contribution in [2.24, 2.45) is 5.41 Å². The van der Waals surface area contributed by atoms with Gasteiger partial charge in [0.05, 0.1) is 11.8 Å². The highest BCUT2D eigenvalue weighted by molar-refractivity contribution is 7.99. The van der Waals surface area contributed by atoms with Crippen LogP contribution in [0.2, 0.25) is 0 Å². The first-order valence-corrected chi connectivity index (χ1v) is 9.02. The number of amides is 1. The zero-order valence-electron chi connectivity index (χ0n) is 14.2. The fraction of sp³-hybridized carbons (Fsp3) is 0.444. The van der Waals surface area contributed by atoms with E-state index in [1.54, 1.807) is 18.2 Å². The van der Waals surface area contributed by atoms with Gasteiger partial charge in [0, 0.05) is 24.1 Å². The molecule has 2 heterocycles. The van der Waals surface area contributed by atoms with E-state index in [0.717, 1.165) is 34.7 Å². The molecule has 2 aromatic rings. The number of carbonyl (C=O) groups excluding carboxylic acids is 1. The van der Waals surface area contributed by atoms with Gasteiger partial charge >= 0.3 is 0 Å². The maximum absolute atomic E-state index is 12.3. The number of carbonyl (C=O) groups is 1. The number of nitrogens with zero attached hydrogens (tertiary/aromatic N) is 1. The molecule has 2 aromatic heterocycles. The lowest BCUT2D eigenvalue weighted by Gasteiger charge is -2.34. The Labute approximate surface area is 146 Å². The molecule has 0 spiro atoms. The second-order valence-electron chi connectivity index (χ2n) is 7.05. The summed E-state index contributed by atoms with van der Waals surface area (Å²) in [5.74, 6) is 2.00.